The molecule has 0 aromatic heterocycles. The molecular weight excluding hydrogens is 140 g/mol. The molecule has 56 valence electrons. The molecule has 0 unspecified atom stereocenters. The maximum Gasteiger partial charge on any atom is 0.150 e. The number of nitrogens with two attached hydrogens (primary N) is 1. The SMILES string of the molecule is NN=Cc1ccc(C=O)cc1. The quantitative estimate of drug-likeness (QED) is 0.292. The molecule has 0 spiro atoms. The van der Waals surface area contributed by atoms with E-state index in [2.05, 4.69) is 5.10 Å². The van der Waals surface area contributed by atoms with Gasteiger partial charge in [0.25, 0.3) is 0 Å². The minimum atomic E-state index is 0.652. The van der Waals surface area contributed by atoms with Crippen LogP contribution in [0, 0.1) is 0 Å². The monoisotopic (exact) mass is 148 g/mol. The van der Waals surface area contributed by atoms with Crippen molar-refractivity contribution in [1.29, 1.82) is 0 Å². The molecule has 0 heterocycles. The van der Waals surface area contributed by atoms with Gasteiger partial charge in [0.1, 0.15) is 6.29 Å². The molecule has 2 N–H and O–H groups in total. The molecule has 0 fully saturated rings. The molecule has 3 nitrogen and oxygen atoms in total. The standard InChI is InChI=1S/C8H8N2O/c9-10-5-7-1-3-8(6-11)4-2-7/h1-6H,9H2. The molecular formula is C8H8N2O. The lowest BCUT2D eigenvalue weighted by atomic mass is 10.2. The summed E-state index contributed by atoms with van der Waals surface area (Å²) in [6.07, 6.45) is 2.32. The number of carbonyl (C=O) groups excluding carboxylic acids is 1. The normalized spacial score (nSPS) is 10.2. The van der Waals surface area contributed by atoms with Crippen LogP contribution in [-0.2, 0) is 0 Å². The van der Waals surface area contributed by atoms with Gasteiger partial charge < -0.3 is 5.84 Å². The van der Waals surface area contributed by atoms with Crippen molar-refractivity contribution in [2.24, 2.45) is 10.9 Å². The van der Waals surface area contributed by atoms with E-state index in [1.54, 1.807) is 24.3 Å². The second-order valence-electron chi connectivity index (χ2n) is 2.06. The number of nitrogens with zero attached hydrogens (tertiary/aromatic N) is 1. The van der Waals surface area contributed by atoms with Gasteiger partial charge in [-0.15, -0.1) is 0 Å². The molecule has 3 heteroatoms. The Bertz CT molecular complexity index is 264. The summed E-state index contributed by atoms with van der Waals surface area (Å²) < 4.78 is 0. The number of hydrazone groups is 1. The number of benzene rings is 1. The summed E-state index contributed by atoms with van der Waals surface area (Å²) in [6.45, 7) is 0. The molecule has 0 atom stereocenters. The number of aldehydes is 1. The number of hydrogen-bond acceptors (Lipinski definition) is 3. The Morgan fingerprint density at radius 2 is 1.73 bits per heavy atom. The van der Waals surface area contributed by atoms with Crippen LogP contribution in [0.5, 0.6) is 0 Å². The summed E-state index contributed by atoms with van der Waals surface area (Å²) in [6, 6.07) is 6.98. The first-order valence-electron chi connectivity index (χ1n) is 3.15. The molecule has 0 saturated heterocycles. The fraction of sp³-hybridized carbons (Fsp3) is 0. The zero-order chi connectivity index (χ0) is 8.10. The Morgan fingerprint density at radius 1 is 1.18 bits per heavy atom. The Morgan fingerprint density at radius 3 is 2.18 bits per heavy atom. The van der Waals surface area contributed by atoms with Crippen molar-refractivity contribution in [1.82, 2.24) is 0 Å². The van der Waals surface area contributed by atoms with Gasteiger partial charge in [-0.2, -0.15) is 5.10 Å². The number of hydrogen-bond donors (Lipinski definition) is 1. The van der Waals surface area contributed by atoms with Crippen LogP contribution in [-0.4, -0.2) is 12.5 Å². The van der Waals surface area contributed by atoms with Crippen molar-refractivity contribution in [3.05, 3.63) is 35.4 Å². The fourth-order valence-corrected chi connectivity index (χ4v) is 0.747. The van der Waals surface area contributed by atoms with Gasteiger partial charge in [0.2, 0.25) is 0 Å². The first-order valence-corrected chi connectivity index (χ1v) is 3.15. The van der Waals surface area contributed by atoms with Crippen LogP contribution in [0.2, 0.25) is 0 Å². The summed E-state index contributed by atoms with van der Waals surface area (Å²) in [5.41, 5.74) is 1.54. The van der Waals surface area contributed by atoms with Gasteiger partial charge in [0.15, 0.2) is 0 Å². The minimum absolute atomic E-state index is 0.652. The Kier molecular flexibility index (Phi) is 2.38. The highest BCUT2D eigenvalue weighted by Gasteiger charge is 1.88. The average Bonchev–Trinajstić information content (AvgIpc) is 2.07. The summed E-state index contributed by atoms with van der Waals surface area (Å²) >= 11 is 0. The summed E-state index contributed by atoms with van der Waals surface area (Å²) in [5.74, 6) is 4.93. The van der Waals surface area contributed by atoms with Crippen LogP contribution < -0.4 is 5.84 Å². The zero-order valence-corrected chi connectivity index (χ0v) is 5.90. The predicted molar refractivity (Wildman–Crippen MR) is 43.6 cm³/mol. The van der Waals surface area contributed by atoms with Crippen LogP contribution in [0.15, 0.2) is 29.4 Å². The smallest absolute Gasteiger partial charge is 0.150 e. The van der Waals surface area contributed by atoms with Crippen LogP contribution in [0.1, 0.15) is 15.9 Å². The van der Waals surface area contributed by atoms with E-state index >= 15 is 0 Å². The van der Waals surface area contributed by atoms with Crippen molar-refractivity contribution >= 4 is 12.5 Å². The van der Waals surface area contributed by atoms with E-state index in [1.807, 2.05) is 0 Å². The summed E-state index contributed by atoms with van der Waals surface area (Å²) in [7, 11) is 0. The Hall–Kier alpha value is -1.64. The molecule has 1 aromatic carbocycles. The van der Waals surface area contributed by atoms with E-state index in [9.17, 15) is 4.79 Å². The first-order chi connectivity index (χ1) is 5.36. The third-order valence-electron chi connectivity index (χ3n) is 1.30. The van der Waals surface area contributed by atoms with Crippen molar-refractivity contribution < 1.29 is 4.79 Å². The lowest BCUT2D eigenvalue weighted by molar-refractivity contribution is 0.112. The van der Waals surface area contributed by atoms with E-state index in [0.717, 1.165) is 11.8 Å². The first kappa shape index (κ1) is 7.47. The zero-order valence-electron chi connectivity index (χ0n) is 5.90. The topological polar surface area (TPSA) is 55.4 Å². The maximum absolute atomic E-state index is 10.2. The second-order valence-corrected chi connectivity index (χ2v) is 2.06. The highest BCUT2D eigenvalue weighted by Crippen LogP contribution is 1.98. The maximum atomic E-state index is 10.2. The van der Waals surface area contributed by atoms with Crippen molar-refractivity contribution in [2.75, 3.05) is 0 Å². The van der Waals surface area contributed by atoms with Gasteiger partial charge >= 0.3 is 0 Å². The van der Waals surface area contributed by atoms with Crippen LogP contribution in [0.4, 0.5) is 0 Å². The van der Waals surface area contributed by atoms with Crippen molar-refractivity contribution in [3.8, 4) is 0 Å². The van der Waals surface area contributed by atoms with Gasteiger partial charge in [-0.3, -0.25) is 4.79 Å². The van der Waals surface area contributed by atoms with Gasteiger partial charge in [0, 0.05) is 5.56 Å². The molecule has 0 saturated carbocycles. The molecule has 1 rings (SSSR count). The van der Waals surface area contributed by atoms with Crippen LogP contribution in [0.25, 0.3) is 0 Å². The van der Waals surface area contributed by atoms with Gasteiger partial charge in [-0.05, 0) is 5.56 Å². The summed E-state index contributed by atoms with van der Waals surface area (Å²) in [5, 5.41) is 3.35. The van der Waals surface area contributed by atoms with E-state index in [4.69, 9.17) is 5.84 Å². The average molecular weight is 148 g/mol. The molecule has 0 aliphatic heterocycles. The lowest BCUT2D eigenvalue weighted by Gasteiger charge is -1.90. The Labute approximate surface area is 64.5 Å². The number of carbonyl (C=O) groups is 1. The molecule has 0 aliphatic carbocycles. The van der Waals surface area contributed by atoms with E-state index in [1.165, 1.54) is 6.21 Å². The molecule has 11 heavy (non-hydrogen) atoms. The van der Waals surface area contributed by atoms with Crippen LogP contribution in [0.3, 0.4) is 0 Å². The largest absolute Gasteiger partial charge is 0.323 e. The summed E-state index contributed by atoms with van der Waals surface area (Å²) in [4.78, 5) is 10.2. The van der Waals surface area contributed by atoms with Crippen molar-refractivity contribution in [3.63, 3.8) is 0 Å². The molecule has 0 bridgehead atoms. The molecule has 0 amide bonds. The third kappa shape index (κ3) is 1.89. The van der Waals surface area contributed by atoms with E-state index in [0.29, 0.717) is 5.56 Å². The Balaban J connectivity index is 2.91. The van der Waals surface area contributed by atoms with E-state index in [-0.39, 0.29) is 0 Å². The van der Waals surface area contributed by atoms with Crippen LogP contribution >= 0.6 is 0 Å². The van der Waals surface area contributed by atoms with Gasteiger partial charge in [-0.1, -0.05) is 24.3 Å². The van der Waals surface area contributed by atoms with E-state index < -0.39 is 0 Å². The highest BCUT2D eigenvalue weighted by atomic mass is 16.1. The van der Waals surface area contributed by atoms with Gasteiger partial charge in [-0.25, -0.2) is 0 Å². The van der Waals surface area contributed by atoms with Gasteiger partial charge in [0.05, 0.1) is 6.21 Å². The molecule has 0 radical (unpaired) electrons. The lowest BCUT2D eigenvalue weighted by Crippen LogP contribution is -1.86. The molecule has 1 aromatic rings. The molecule has 0 aliphatic rings. The third-order valence-corrected chi connectivity index (χ3v) is 1.30. The van der Waals surface area contributed by atoms with Crippen molar-refractivity contribution in [2.45, 2.75) is 0 Å². The minimum Gasteiger partial charge on any atom is -0.323 e. The highest BCUT2D eigenvalue weighted by molar-refractivity contribution is 5.82. The predicted octanol–water partition coefficient (Wildman–Crippen LogP) is 0.792. The number of rotatable bonds is 2. The second kappa shape index (κ2) is 3.51. The fourth-order valence-electron chi connectivity index (χ4n) is 0.747.